The van der Waals surface area contributed by atoms with Crippen molar-refractivity contribution in [2.75, 3.05) is 7.11 Å². The molecule has 0 spiro atoms. The van der Waals surface area contributed by atoms with Gasteiger partial charge in [0.15, 0.2) is 11.5 Å². The van der Waals surface area contributed by atoms with Crippen LogP contribution in [0, 0.1) is 0 Å². The van der Waals surface area contributed by atoms with E-state index in [0.717, 1.165) is 5.56 Å². The van der Waals surface area contributed by atoms with Crippen LogP contribution in [0.1, 0.15) is 17.5 Å². The third-order valence-corrected chi connectivity index (χ3v) is 3.26. The van der Waals surface area contributed by atoms with Gasteiger partial charge in [0, 0.05) is 6.54 Å². The molecular weight excluding hydrogens is 322 g/mol. The van der Waals surface area contributed by atoms with E-state index >= 15 is 0 Å². The zero-order chi connectivity index (χ0) is 18.1. The first kappa shape index (κ1) is 18.0. The zero-order valence-electron chi connectivity index (χ0n) is 13.7. The SMILES string of the molecule is COc1cc(/C=N/NC(=O)CC(=O)NCc2ccccc2)ccc1O. The van der Waals surface area contributed by atoms with E-state index in [4.69, 9.17) is 4.74 Å². The summed E-state index contributed by atoms with van der Waals surface area (Å²) in [6.45, 7) is 0.365. The van der Waals surface area contributed by atoms with Crippen LogP contribution >= 0.6 is 0 Å². The maximum Gasteiger partial charge on any atom is 0.249 e. The van der Waals surface area contributed by atoms with Gasteiger partial charge in [0.05, 0.1) is 13.3 Å². The van der Waals surface area contributed by atoms with Gasteiger partial charge in [-0.1, -0.05) is 30.3 Å². The van der Waals surface area contributed by atoms with Gasteiger partial charge < -0.3 is 15.2 Å². The van der Waals surface area contributed by atoms with E-state index < -0.39 is 5.91 Å². The molecule has 7 heteroatoms. The fourth-order valence-corrected chi connectivity index (χ4v) is 2.00. The van der Waals surface area contributed by atoms with Crippen LogP contribution in [-0.4, -0.2) is 30.2 Å². The number of carbonyl (C=O) groups excluding carboxylic acids is 2. The number of phenols is 1. The summed E-state index contributed by atoms with van der Waals surface area (Å²) in [6, 6.07) is 14.0. The molecular formula is C18H19N3O4. The van der Waals surface area contributed by atoms with Crippen molar-refractivity contribution in [1.29, 1.82) is 0 Å². The van der Waals surface area contributed by atoms with Crippen LogP contribution in [0.5, 0.6) is 11.5 Å². The van der Waals surface area contributed by atoms with Crippen molar-refractivity contribution in [3.05, 3.63) is 59.7 Å². The van der Waals surface area contributed by atoms with Gasteiger partial charge in [-0.05, 0) is 29.3 Å². The maximum atomic E-state index is 11.7. The van der Waals surface area contributed by atoms with Gasteiger partial charge in [0.1, 0.15) is 6.42 Å². The van der Waals surface area contributed by atoms with Gasteiger partial charge in [0.2, 0.25) is 11.8 Å². The maximum absolute atomic E-state index is 11.7. The lowest BCUT2D eigenvalue weighted by Gasteiger charge is -2.05. The Hall–Kier alpha value is -3.35. The van der Waals surface area contributed by atoms with Crippen molar-refractivity contribution >= 4 is 18.0 Å². The van der Waals surface area contributed by atoms with Crippen LogP contribution in [0.25, 0.3) is 0 Å². The number of rotatable bonds is 7. The molecule has 0 atom stereocenters. The van der Waals surface area contributed by atoms with E-state index in [0.29, 0.717) is 17.9 Å². The van der Waals surface area contributed by atoms with Gasteiger partial charge >= 0.3 is 0 Å². The van der Waals surface area contributed by atoms with Crippen LogP contribution in [0.3, 0.4) is 0 Å². The highest BCUT2D eigenvalue weighted by Gasteiger charge is 2.08. The molecule has 0 heterocycles. The van der Waals surface area contributed by atoms with Crippen molar-refractivity contribution in [2.24, 2.45) is 5.10 Å². The number of ether oxygens (including phenoxy) is 1. The standard InChI is InChI=1S/C18H19N3O4/c1-25-16-9-14(7-8-15(16)22)12-20-21-18(24)10-17(23)19-11-13-5-3-2-4-6-13/h2-9,12,22H,10-11H2,1H3,(H,19,23)(H,21,24)/b20-12+. The van der Waals surface area contributed by atoms with Crippen LogP contribution in [0.4, 0.5) is 0 Å². The first-order valence-electron chi connectivity index (χ1n) is 7.58. The van der Waals surface area contributed by atoms with Crippen molar-refractivity contribution in [1.82, 2.24) is 10.7 Å². The molecule has 2 aromatic rings. The molecule has 0 aliphatic rings. The second-order valence-electron chi connectivity index (χ2n) is 5.16. The number of nitrogens with one attached hydrogen (secondary N) is 2. The monoisotopic (exact) mass is 341 g/mol. The van der Waals surface area contributed by atoms with E-state index in [9.17, 15) is 14.7 Å². The zero-order valence-corrected chi connectivity index (χ0v) is 13.7. The van der Waals surface area contributed by atoms with E-state index in [1.807, 2.05) is 30.3 Å². The lowest BCUT2D eigenvalue weighted by Crippen LogP contribution is -2.29. The molecule has 0 saturated carbocycles. The topological polar surface area (TPSA) is 100 Å². The van der Waals surface area contributed by atoms with E-state index in [-0.39, 0.29) is 18.1 Å². The summed E-state index contributed by atoms with van der Waals surface area (Å²) >= 11 is 0. The Bertz CT molecular complexity index is 760. The third-order valence-electron chi connectivity index (χ3n) is 3.26. The minimum absolute atomic E-state index is 0.0128. The fourth-order valence-electron chi connectivity index (χ4n) is 2.00. The van der Waals surface area contributed by atoms with E-state index in [1.54, 1.807) is 12.1 Å². The highest BCUT2D eigenvalue weighted by Crippen LogP contribution is 2.25. The second kappa shape index (κ2) is 9.07. The number of amides is 2. The number of nitrogens with zero attached hydrogens (tertiary/aromatic N) is 1. The smallest absolute Gasteiger partial charge is 0.249 e. The number of hydrogen-bond acceptors (Lipinski definition) is 5. The molecule has 2 aromatic carbocycles. The van der Waals surface area contributed by atoms with Gasteiger partial charge in [-0.25, -0.2) is 5.43 Å². The molecule has 25 heavy (non-hydrogen) atoms. The van der Waals surface area contributed by atoms with Crippen LogP contribution < -0.4 is 15.5 Å². The Labute approximate surface area is 145 Å². The minimum atomic E-state index is -0.521. The predicted octanol–water partition coefficient (Wildman–Crippen LogP) is 1.56. The van der Waals surface area contributed by atoms with Crippen LogP contribution in [0.2, 0.25) is 0 Å². The van der Waals surface area contributed by atoms with Gasteiger partial charge in [-0.2, -0.15) is 5.10 Å². The molecule has 7 nitrogen and oxygen atoms in total. The van der Waals surface area contributed by atoms with Crippen LogP contribution in [-0.2, 0) is 16.1 Å². The van der Waals surface area contributed by atoms with Crippen molar-refractivity contribution < 1.29 is 19.4 Å². The number of methoxy groups -OCH3 is 1. The fraction of sp³-hybridized carbons (Fsp3) is 0.167. The first-order valence-corrected chi connectivity index (χ1v) is 7.58. The summed E-state index contributed by atoms with van der Waals surface area (Å²) in [4.78, 5) is 23.4. The molecule has 0 aliphatic carbocycles. The number of hydrogen-bond donors (Lipinski definition) is 3. The van der Waals surface area contributed by atoms with Crippen LogP contribution in [0.15, 0.2) is 53.6 Å². The molecule has 2 rings (SSSR count). The Morgan fingerprint density at radius 1 is 1.16 bits per heavy atom. The van der Waals surface area contributed by atoms with Crippen molar-refractivity contribution in [3.8, 4) is 11.5 Å². The Morgan fingerprint density at radius 2 is 1.92 bits per heavy atom. The Balaban J connectivity index is 1.77. The predicted molar refractivity (Wildman–Crippen MR) is 93.3 cm³/mol. The Morgan fingerprint density at radius 3 is 2.64 bits per heavy atom. The summed E-state index contributed by atoms with van der Waals surface area (Å²) in [5.74, 6) is -0.593. The number of aromatic hydroxyl groups is 1. The highest BCUT2D eigenvalue weighted by atomic mass is 16.5. The molecule has 0 unspecified atom stereocenters. The molecule has 0 aliphatic heterocycles. The number of carbonyl (C=O) groups is 2. The minimum Gasteiger partial charge on any atom is -0.504 e. The molecule has 130 valence electrons. The number of hydrazone groups is 1. The highest BCUT2D eigenvalue weighted by molar-refractivity contribution is 5.97. The summed E-state index contributed by atoms with van der Waals surface area (Å²) in [6.07, 6.45) is 1.07. The normalized spacial score (nSPS) is 10.4. The lowest BCUT2D eigenvalue weighted by molar-refractivity contribution is -0.129. The molecule has 0 aromatic heterocycles. The summed E-state index contributed by atoms with van der Waals surface area (Å²) in [5, 5.41) is 15.9. The molecule has 0 radical (unpaired) electrons. The molecule has 0 saturated heterocycles. The lowest BCUT2D eigenvalue weighted by atomic mass is 10.2. The largest absolute Gasteiger partial charge is 0.504 e. The summed E-state index contributed by atoms with van der Waals surface area (Å²) in [7, 11) is 1.44. The quantitative estimate of drug-likeness (QED) is 0.404. The average molecular weight is 341 g/mol. The van der Waals surface area contributed by atoms with E-state index in [2.05, 4.69) is 15.8 Å². The van der Waals surface area contributed by atoms with Gasteiger partial charge in [-0.15, -0.1) is 0 Å². The summed E-state index contributed by atoms with van der Waals surface area (Å²) < 4.78 is 4.98. The van der Waals surface area contributed by atoms with Crippen molar-refractivity contribution in [2.45, 2.75) is 13.0 Å². The number of benzene rings is 2. The first-order chi connectivity index (χ1) is 12.1. The van der Waals surface area contributed by atoms with Gasteiger partial charge in [0.25, 0.3) is 0 Å². The third kappa shape index (κ3) is 5.98. The average Bonchev–Trinajstić information content (AvgIpc) is 2.62. The molecule has 0 fully saturated rings. The molecule has 0 bridgehead atoms. The van der Waals surface area contributed by atoms with Gasteiger partial charge in [-0.3, -0.25) is 9.59 Å². The molecule has 3 N–H and O–H groups in total. The number of phenolic OH excluding ortho intramolecular Hbond substituents is 1. The molecule has 2 amide bonds. The van der Waals surface area contributed by atoms with Crippen molar-refractivity contribution in [3.63, 3.8) is 0 Å². The second-order valence-corrected chi connectivity index (χ2v) is 5.16. The van der Waals surface area contributed by atoms with E-state index in [1.165, 1.54) is 19.4 Å². The summed E-state index contributed by atoms with van der Waals surface area (Å²) in [5.41, 5.74) is 3.86. The Kier molecular flexibility index (Phi) is 6.53.